The van der Waals surface area contributed by atoms with Crippen molar-refractivity contribution in [1.82, 2.24) is 15.5 Å². The van der Waals surface area contributed by atoms with Crippen molar-refractivity contribution in [3.63, 3.8) is 0 Å². The third kappa shape index (κ3) is 4.59. The van der Waals surface area contributed by atoms with Gasteiger partial charge in [-0.1, -0.05) is 29.8 Å². The van der Waals surface area contributed by atoms with Crippen molar-refractivity contribution in [2.24, 2.45) is 5.73 Å². The Balaban J connectivity index is 2.90. The molecule has 0 fully saturated rings. The van der Waals surface area contributed by atoms with Crippen molar-refractivity contribution in [2.45, 2.75) is 12.4 Å². The highest BCUT2D eigenvalue weighted by atomic mass is 35.5. The Morgan fingerprint density at radius 1 is 1.38 bits per heavy atom. The number of halogens is 1. The van der Waals surface area contributed by atoms with Gasteiger partial charge in [0, 0.05) is 32.7 Å². The third-order valence-corrected chi connectivity index (χ3v) is 3.05. The van der Waals surface area contributed by atoms with E-state index in [0.29, 0.717) is 5.02 Å². The van der Waals surface area contributed by atoms with Gasteiger partial charge in [-0.2, -0.15) is 0 Å². The van der Waals surface area contributed by atoms with Gasteiger partial charge in [-0.05, 0) is 11.6 Å². The summed E-state index contributed by atoms with van der Waals surface area (Å²) in [6.45, 7) is 0.159. The van der Waals surface area contributed by atoms with Crippen LogP contribution in [0.3, 0.4) is 0 Å². The number of nitrogens with two attached hydrogens (primary N) is 1. The number of amides is 2. The molecule has 7 nitrogen and oxygen atoms in total. The van der Waals surface area contributed by atoms with Gasteiger partial charge in [0.05, 0.1) is 0 Å². The van der Waals surface area contributed by atoms with Crippen molar-refractivity contribution in [2.75, 3.05) is 21.1 Å². The Morgan fingerprint density at radius 3 is 2.52 bits per heavy atom. The molecular formula is C13H19ClN4O3. The molecule has 0 bridgehead atoms. The fourth-order valence-corrected chi connectivity index (χ4v) is 1.76. The average Bonchev–Trinajstić information content (AvgIpc) is 2.45. The Hall–Kier alpha value is -1.83. The Labute approximate surface area is 128 Å². The van der Waals surface area contributed by atoms with E-state index in [2.05, 4.69) is 10.6 Å². The molecule has 0 radical (unpaired) electrons. The van der Waals surface area contributed by atoms with E-state index in [1.54, 1.807) is 24.3 Å². The van der Waals surface area contributed by atoms with Gasteiger partial charge in [0.15, 0.2) is 0 Å². The lowest BCUT2D eigenvalue weighted by Crippen LogP contribution is -2.66. The second-order valence-electron chi connectivity index (χ2n) is 4.52. The van der Waals surface area contributed by atoms with Crippen molar-refractivity contribution >= 4 is 23.6 Å². The lowest BCUT2D eigenvalue weighted by molar-refractivity contribution is -0.152. The Morgan fingerprint density at radius 2 is 2.00 bits per heavy atom. The number of hydrogen-bond donors (Lipinski definition) is 3. The fraction of sp³-hybridized carbons (Fsp3) is 0.385. The molecule has 0 saturated heterocycles. The lowest BCUT2D eigenvalue weighted by atomic mass is 10.2. The van der Waals surface area contributed by atoms with Crippen molar-refractivity contribution in [3.8, 4) is 0 Å². The minimum atomic E-state index is -1.98. The summed E-state index contributed by atoms with van der Waals surface area (Å²) in [6.07, 6.45) is -0.820. The van der Waals surface area contributed by atoms with Crippen LogP contribution in [-0.4, -0.2) is 43.9 Å². The van der Waals surface area contributed by atoms with E-state index in [0.717, 1.165) is 5.56 Å². The maximum absolute atomic E-state index is 12.1. The zero-order valence-corrected chi connectivity index (χ0v) is 12.9. The third-order valence-electron chi connectivity index (χ3n) is 2.68. The largest absolute Gasteiger partial charge is 0.410 e. The lowest BCUT2D eigenvalue weighted by Gasteiger charge is -2.31. The van der Waals surface area contributed by atoms with Crippen molar-refractivity contribution in [1.29, 1.82) is 0 Å². The van der Waals surface area contributed by atoms with Gasteiger partial charge >= 0.3 is 11.9 Å². The summed E-state index contributed by atoms with van der Waals surface area (Å²) in [5.74, 6) is -2.58. The van der Waals surface area contributed by atoms with E-state index in [9.17, 15) is 9.59 Å². The topological polar surface area (TPSA) is 96.7 Å². The highest BCUT2D eigenvalue weighted by Gasteiger charge is 2.39. The van der Waals surface area contributed by atoms with Crippen LogP contribution in [0, 0.1) is 0 Å². The molecule has 1 unspecified atom stereocenters. The predicted molar refractivity (Wildman–Crippen MR) is 79.4 cm³/mol. The van der Waals surface area contributed by atoms with Crippen LogP contribution in [-0.2, 0) is 16.1 Å². The van der Waals surface area contributed by atoms with Crippen LogP contribution in [0.2, 0.25) is 5.02 Å². The van der Waals surface area contributed by atoms with Crippen LogP contribution in [0.5, 0.6) is 0 Å². The van der Waals surface area contributed by atoms with Gasteiger partial charge in [-0.3, -0.25) is 15.8 Å². The molecule has 0 spiro atoms. The summed E-state index contributed by atoms with van der Waals surface area (Å²) in [6, 6.07) is 7.07. The first-order chi connectivity index (χ1) is 9.80. The maximum Gasteiger partial charge on any atom is 0.410 e. The molecule has 0 aliphatic heterocycles. The number of alkyl carbamates (subject to hydrolysis) is 1. The van der Waals surface area contributed by atoms with E-state index in [1.165, 1.54) is 26.0 Å². The number of hydrogen-bond acceptors (Lipinski definition) is 5. The summed E-state index contributed by atoms with van der Waals surface area (Å²) in [5.41, 5.74) is 6.61. The number of likely N-dealkylation sites (N-methyl/N-ethyl adjacent to an activating group) is 1. The number of carbonyl (C=O) groups is 2. The normalized spacial score (nSPS) is 13.2. The molecule has 0 heterocycles. The standard InChI is InChI=1S/C13H19ClN4O3/c1-16-12(20)21-13(15,11(19)18(2)3)17-8-9-6-4-5-7-10(9)14/h4-7,17H,8,15H2,1-3H3,(H,16,20). The van der Waals surface area contributed by atoms with E-state index in [1.807, 2.05) is 0 Å². The number of nitrogens with one attached hydrogen (secondary N) is 2. The summed E-state index contributed by atoms with van der Waals surface area (Å²) >= 11 is 6.03. The second kappa shape index (κ2) is 7.26. The van der Waals surface area contributed by atoms with Gasteiger partial charge in [0.2, 0.25) is 0 Å². The van der Waals surface area contributed by atoms with Crippen LogP contribution in [0.25, 0.3) is 0 Å². The smallest absolute Gasteiger partial charge is 0.404 e. The van der Waals surface area contributed by atoms with Crippen LogP contribution in [0.15, 0.2) is 24.3 Å². The van der Waals surface area contributed by atoms with Crippen LogP contribution >= 0.6 is 11.6 Å². The minimum Gasteiger partial charge on any atom is -0.404 e. The summed E-state index contributed by atoms with van der Waals surface area (Å²) in [5, 5.41) is 5.48. The van der Waals surface area contributed by atoms with E-state index in [-0.39, 0.29) is 6.54 Å². The van der Waals surface area contributed by atoms with Gasteiger partial charge < -0.3 is 15.0 Å². The Bertz CT molecular complexity index is 524. The molecule has 0 saturated carbocycles. The minimum absolute atomic E-state index is 0.159. The van der Waals surface area contributed by atoms with E-state index >= 15 is 0 Å². The van der Waals surface area contributed by atoms with E-state index < -0.39 is 17.8 Å². The Kier molecular flexibility index (Phi) is 5.95. The van der Waals surface area contributed by atoms with Crippen LogP contribution in [0.4, 0.5) is 4.79 Å². The van der Waals surface area contributed by atoms with E-state index in [4.69, 9.17) is 22.1 Å². The number of nitrogens with zero attached hydrogens (tertiary/aromatic N) is 1. The molecule has 0 aromatic heterocycles. The molecule has 0 aliphatic rings. The quantitative estimate of drug-likeness (QED) is 0.687. The van der Waals surface area contributed by atoms with Gasteiger partial charge in [0.25, 0.3) is 5.91 Å². The van der Waals surface area contributed by atoms with Gasteiger partial charge in [-0.15, -0.1) is 0 Å². The molecule has 21 heavy (non-hydrogen) atoms. The van der Waals surface area contributed by atoms with Gasteiger partial charge in [0.1, 0.15) is 0 Å². The zero-order chi connectivity index (χ0) is 16.0. The molecule has 1 atom stereocenters. The molecule has 116 valence electrons. The molecule has 1 aromatic carbocycles. The SMILES string of the molecule is CNC(=O)OC(N)(NCc1ccccc1Cl)C(=O)N(C)C. The number of ether oxygens (including phenoxy) is 1. The molecular weight excluding hydrogens is 296 g/mol. The predicted octanol–water partition coefficient (Wildman–Crippen LogP) is 0.486. The molecule has 1 rings (SSSR count). The monoisotopic (exact) mass is 314 g/mol. The summed E-state index contributed by atoms with van der Waals surface area (Å²) in [4.78, 5) is 24.7. The van der Waals surface area contributed by atoms with Crippen molar-refractivity contribution in [3.05, 3.63) is 34.9 Å². The maximum atomic E-state index is 12.1. The molecule has 8 heteroatoms. The zero-order valence-electron chi connectivity index (χ0n) is 12.1. The first-order valence-electron chi connectivity index (χ1n) is 6.20. The highest BCUT2D eigenvalue weighted by Crippen LogP contribution is 2.15. The van der Waals surface area contributed by atoms with Gasteiger partial charge in [-0.25, -0.2) is 4.79 Å². The molecule has 2 amide bonds. The molecule has 4 N–H and O–H groups in total. The average molecular weight is 315 g/mol. The van der Waals surface area contributed by atoms with Crippen molar-refractivity contribution < 1.29 is 14.3 Å². The number of rotatable bonds is 5. The first kappa shape index (κ1) is 17.2. The first-order valence-corrected chi connectivity index (χ1v) is 6.57. The number of benzene rings is 1. The number of carbonyl (C=O) groups excluding carboxylic acids is 2. The van der Waals surface area contributed by atoms with Crippen LogP contribution < -0.4 is 16.4 Å². The fourth-order valence-electron chi connectivity index (χ4n) is 1.55. The molecule has 0 aliphatic carbocycles. The highest BCUT2D eigenvalue weighted by molar-refractivity contribution is 6.31. The summed E-state index contributed by atoms with van der Waals surface area (Å²) < 4.78 is 4.95. The summed E-state index contributed by atoms with van der Waals surface area (Å²) in [7, 11) is 4.39. The molecule has 1 aromatic rings. The second-order valence-corrected chi connectivity index (χ2v) is 4.93. The van der Waals surface area contributed by atoms with Crippen LogP contribution in [0.1, 0.15) is 5.56 Å².